The smallest absolute Gasteiger partial charge is 0.248 e. The number of carbonyl (C=O) groups is 4. The Labute approximate surface area is 191 Å². The highest BCUT2D eigenvalue weighted by Crippen LogP contribution is 2.40. The van der Waals surface area contributed by atoms with Gasteiger partial charge in [-0.3, -0.25) is 24.1 Å². The van der Waals surface area contributed by atoms with Crippen LogP contribution in [0.3, 0.4) is 0 Å². The maximum absolute atomic E-state index is 14.0. The quantitative estimate of drug-likeness (QED) is 0.684. The largest absolute Gasteiger partial charge is 0.366 e. The van der Waals surface area contributed by atoms with Crippen LogP contribution in [0.4, 0.5) is 5.69 Å². The van der Waals surface area contributed by atoms with Gasteiger partial charge < -0.3 is 15.4 Å². The van der Waals surface area contributed by atoms with Crippen molar-refractivity contribution in [2.24, 2.45) is 11.7 Å². The van der Waals surface area contributed by atoms with Crippen LogP contribution < -0.4 is 10.6 Å². The highest BCUT2D eigenvalue weighted by Gasteiger charge is 2.54. The van der Waals surface area contributed by atoms with E-state index in [0.29, 0.717) is 17.7 Å². The van der Waals surface area contributed by atoms with Crippen molar-refractivity contribution in [3.63, 3.8) is 0 Å². The molecular weight excluding hydrogens is 434 g/mol. The molecule has 9 heteroatoms. The molecule has 0 bridgehead atoms. The molecule has 3 amide bonds. The zero-order valence-electron chi connectivity index (χ0n) is 17.7. The number of nitrogens with zero attached hydrogens (tertiary/aromatic N) is 2. The number of likely N-dealkylation sites (tertiary alicyclic amines) is 1. The summed E-state index contributed by atoms with van der Waals surface area (Å²) < 4.78 is 5.55. The summed E-state index contributed by atoms with van der Waals surface area (Å²) in [6.07, 6.45) is 3.91. The fourth-order valence-electron chi connectivity index (χ4n) is 5.77. The maximum atomic E-state index is 14.0. The average molecular weight is 460 g/mol. The summed E-state index contributed by atoms with van der Waals surface area (Å²) in [7, 11) is 0. The highest BCUT2D eigenvalue weighted by molar-refractivity contribution is 6.22. The Kier molecular flexibility index (Phi) is 5.45. The van der Waals surface area contributed by atoms with E-state index in [2.05, 4.69) is 0 Å². The molecule has 0 unspecified atom stereocenters. The van der Waals surface area contributed by atoms with Crippen molar-refractivity contribution < 1.29 is 23.9 Å². The SMILES string of the molecule is NC(=O)c1ccc2c(c1)CCC(=O)N2[C@H](C(=O)N1C[C@H](Cl)[C@H]2OCC(=O)[C@H]21)C1CCCC1. The predicted octanol–water partition coefficient (Wildman–Crippen LogP) is 1.41. The van der Waals surface area contributed by atoms with E-state index in [-0.39, 0.29) is 43.1 Å². The number of hydrogen-bond acceptors (Lipinski definition) is 5. The number of ether oxygens (including phenoxy) is 1. The van der Waals surface area contributed by atoms with Gasteiger partial charge in [-0.15, -0.1) is 11.6 Å². The van der Waals surface area contributed by atoms with Crippen LogP contribution in [-0.2, 0) is 25.5 Å². The van der Waals surface area contributed by atoms with Gasteiger partial charge in [0.15, 0.2) is 5.78 Å². The van der Waals surface area contributed by atoms with E-state index in [4.69, 9.17) is 22.1 Å². The minimum absolute atomic E-state index is 0.00142. The number of benzene rings is 1. The third kappa shape index (κ3) is 3.40. The van der Waals surface area contributed by atoms with Gasteiger partial charge in [0.2, 0.25) is 17.7 Å². The van der Waals surface area contributed by atoms with Crippen LogP contribution in [0.1, 0.15) is 48.0 Å². The number of aryl methyl sites for hydroxylation is 1. The van der Waals surface area contributed by atoms with Gasteiger partial charge >= 0.3 is 0 Å². The average Bonchev–Trinajstić information content (AvgIpc) is 3.50. The lowest BCUT2D eigenvalue weighted by Crippen LogP contribution is -2.57. The van der Waals surface area contributed by atoms with Crippen LogP contribution >= 0.6 is 11.6 Å². The Bertz CT molecular complexity index is 992. The Morgan fingerprint density at radius 2 is 1.91 bits per heavy atom. The molecule has 1 saturated carbocycles. The number of rotatable bonds is 4. The van der Waals surface area contributed by atoms with Crippen LogP contribution in [0.5, 0.6) is 0 Å². The van der Waals surface area contributed by atoms with Crippen molar-refractivity contribution in [2.45, 2.75) is 62.1 Å². The van der Waals surface area contributed by atoms with Crippen molar-refractivity contribution in [1.29, 1.82) is 0 Å². The fourth-order valence-corrected chi connectivity index (χ4v) is 6.12. The van der Waals surface area contributed by atoms with Crippen molar-refractivity contribution >= 4 is 40.8 Å². The predicted molar refractivity (Wildman–Crippen MR) is 116 cm³/mol. The fraction of sp³-hybridized carbons (Fsp3) is 0.565. The molecule has 0 aromatic heterocycles. The second-order valence-corrected chi connectivity index (χ2v) is 9.71. The summed E-state index contributed by atoms with van der Waals surface area (Å²) in [5.74, 6) is -1.04. The van der Waals surface area contributed by atoms with Gasteiger partial charge in [-0.1, -0.05) is 12.8 Å². The lowest BCUT2D eigenvalue weighted by Gasteiger charge is -2.40. The molecule has 4 aliphatic rings. The van der Waals surface area contributed by atoms with E-state index in [1.807, 2.05) is 0 Å². The molecule has 0 spiro atoms. The Balaban J connectivity index is 1.54. The maximum Gasteiger partial charge on any atom is 0.248 e. The molecule has 2 N–H and O–H groups in total. The minimum atomic E-state index is -0.709. The standard InChI is InChI=1S/C23H26ClN3O5/c24-15-10-26(20-17(28)11-32-21(15)20)23(31)19(12-3-1-2-4-12)27-16-7-5-14(22(25)30)9-13(16)6-8-18(27)29/h5,7,9,12,15,19-21H,1-4,6,8,10-11H2,(H2,25,30)/t15-,19-,20+,21+/m0/s1. The van der Waals surface area contributed by atoms with Crippen LogP contribution in [-0.4, -0.2) is 65.1 Å². The van der Waals surface area contributed by atoms with E-state index in [9.17, 15) is 19.2 Å². The third-order valence-electron chi connectivity index (χ3n) is 7.28. The number of nitrogens with two attached hydrogens (primary N) is 1. The zero-order valence-corrected chi connectivity index (χ0v) is 18.4. The van der Waals surface area contributed by atoms with Crippen LogP contribution in [0.15, 0.2) is 18.2 Å². The molecule has 0 radical (unpaired) electrons. The molecule has 1 aromatic carbocycles. The minimum Gasteiger partial charge on any atom is -0.366 e. The van der Waals surface area contributed by atoms with E-state index >= 15 is 0 Å². The van der Waals surface area contributed by atoms with Gasteiger partial charge in [-0.2, -0.15) is 0 Å². The van der Waals surface area contributed by atoms with Gasteiger partial charge in [0.05, 0.1) is 5.38 Å². The summed E-state index contributed by atoms with van der Waals surface area (Å²) in [5.41, 5.74) is 7.28. The van der Waals surface area contributed by atoms with Crippen molar-refractivity contribution in [3.8, 4) is 0 Å². The molecule has 3 aliphatic heterocycles. The summed E-state index contributed by atoms with van der Waals surface area (Å²) in [6, 6.07) is 3.62. The summed E-state index contributed by atoms with van der Waals surface area (Å²) >= 11 is 6.43. The first kappa shape index (κ1) is 21.4. The van der Waals surface area contributed by atoms with E-state index in [0.717, 1.165) is 31.2 Å². The van der Waals surface area contributed by atoms with E-state index in [1.54, 1.807) is 28.0 Å². The molecule has 5 rings (SSSR count). The number of Topliss-reactive ketones (excluding diaryl/α,β-unsaturated/α-hetero) is 1. The summed E-state index contributed by atoms with van der Waals surface area (Å²) in [4.78, 5) is 54.5. The second kappa shape index (κ2) is 8.15. The lowest BCUT2D eigenvalue weighted by molar-refractivity contribution is -0.139. The Hall–Kier alpha value is -2.45. The first-order valence-corrected chi connectivity index (χ1v) is 11.6. The number of fused-ring (bicyclic) bond motifs is 2. The number of alkyl halides is 1. The van der Waals surface area contributed by atoms with Gasteiger partial charge in [0, 0.05) is 24.2 Å². The molecule has 8 nitrogen and oxygen atoms in total. The molecular formula is C23H26ClN3O5. The molecule has 3 fully saturated rings. The topological polar surface area (TPSA) is 110 Å². The highest BCUT2D eigenvalue weighted by atomic mass is 35.5. The Morgan fingerprint density at radius 3 is 2.62 bits per heavy atom. The molecule has 1 aliphatic carbocycles. The zero-order chi connectivity index (χ0) is 22.6. The lowest BCUT2D eigenvalue weighted by atomic mass is 9.90. The first-order valence-electron chi connectivity index (χ1n) is 11.2. The molecule has 3 heterocycles. The summed E-state index contributed by atoms with van der Waals surface area (Å²) in [6.45, 7) is 0.179. The summed E-state index contributed by atoms with van der Waals surface area (Å²) in [5, 5.41) is -0.456. The number of carbonyl (C=O) groups excluding carboxylic acids is 4. The van der Waals surface area contributed by atoms with Gasteiger partial charge in [0.25, 0.3) is 0 Å². The van der Waals surface area contributed by atoms with Crippen LogP contribution in [0, 0.1) is 5.92 Å². The second-order valence-electron chi connectivity index (χ2n) is 9.15. The monoisotopic (exact) mass is 459 g/mol. The third-order valence-corrected chi connectivity index (χ3v) is 7.67. The van der Waals surface area contributed by atoms with Gasteiger partial charge in [-0.05, 0) is 48.9 Å². The number of ketones is 1. The molecule has 32 heavy (non-hydrogen) atoms. The molecule has 170 valence electrons. The molecule has 1 aromatic rings. The number of hydrogen-bond donors (Lipinski definition) is 1. The van der Waals surface area contributed by atoms with Crippen molar-refractivity contribution in [1.82, 2.24) is 4.90 Å². The van der Waals surface area contributed by atoms with Gasteiger partial charge in [0.1, 0.15) is 24.8 Å². The van der Waals surface area contributed by atoms with Gasteiger partial charge in [-0.25, -0.2) is 0 Å². The first-order chi connectivity index (χ1) is 15.4. The van der Waals surface area contributed by atoms with E-state index < -0.39 is 29.5 Å². The number of halogens is 1. The number of primary amides is 1. The number of amides is 3. The normalized spacial score (nSPS) is 28.7. The van der Waals surface area contributed by atoms with Crippen LogP contribution in [0.25, 0.3) is 0 Å². The van der Waals surface area contributed by atoms with E-state index in [1.165, 1.54) is 0 Å². The number of anilines is 1. The molecule has 4 atom stereocenters. The Morgan fingerprint density at radius 1 is 1.16 bits per heavy atom. The molecule has 2 saturated heterocycles. The van der Waals surface area contributed by atoms with Crippen molar-refractivity contribution in [3.05, 3.63) is 29.3 Å². The van der Waals surface area contributed by atoms with Crippen LogP contribution in [0.2, 0.25) is 0 Å². The van der Waals surface area contributed by atoms with Crippen molar-refractivity contribution in [2.75, 3.05) is 18.1 Å².